The van der Waals surface area contributed by atoms with Crippen LogP contribution in [0.3, 0.4) is 0 Å². The van der Waals surface area contributed by atoms with E-state index in [1.54, 1.807) is 0 Å². The zero-order valence-corrected chi connectivity index (χ0v) is 3.93. The molecule has 0 fully saturated rings. The van der Waals surface area contributed by atoms with Crippen LogP contribution in [-0.4, -0.2) is 13.0 Å². The highest BCUT2D eigenvalue weighted by Gasteiger charge is 1.70. The van der Waals surface area contributed by atoms with Gasteiger partial charge in [0.15, 0.2) is 0 Å². The number of hydrogen-bond donors (Lipinski definition) is 0. The van der Waals surface area contributed by atoms with Crippen LogP contribution < -0.4 is 0 Å². The third-order valence-corrected chi connectivity index (χ3v) is 0.490. The van der Waals surface area contributed by atoms with Crippen molar-refractivity contribution in [2.75, 3.05) is 6.67 Å². The zero-order valence-electron chi connectivity index (χ0n) is 3.93. The summed E-state index contributed by atoms with van der Waals surface area (Å²) >= 11 is 0. The summed E-state index contributed by atoms with van der Waals surface area (Å²) < 4.78 is 11.1. The Balaban J connectivity index is 2.92. The normalized spacial score (nSPS) is 9.86. The summed E-state index contributed by atoms with van der Waals surface area (Å²) in [5, 5.41) is 0. The Morgan fingerprint density at radius 3 is 2.71 bits per heavy atom. The first-order chi connectivity index (χ1) is 3.41. The van der Waals surface area contributed by atoms with Crippen LogP contribution in [0.1, 0.15) is 6.42 Å². The number of aldehydes is 1. The highest BCUT2D eigenvalue weighted by molar-refractivity contribution is 5.64. The number of halogens is 1. The van der Waals surface area contributed by atoms with Crippen molar-refractivity contribution in [3.8, 4) is 0 Å². The summed E-state index contributed by atoms with van der Waals surface area (Å²) in [6.07, 6.45) is 3.76. The summed E-state index contributed by atoms with van der Waals surface area (Å²) in [6, 6.07) is 0. The van der Waals surface area contributed by atoms with Crippen molar-refractivity contribution in [2.45, 2.75) is 6.42 Å². The van der Waals surface area contributed by atoms with E-state index in [0.29, 0.717) is 12.7 Å². The lowest BCUT2D eigenvalue weighted by Crippen LogP contribution is -1.67. The van der Waals surface area contributed by atoms with Crippen molar-refractivity contribution >= 4 is 6.29 Å². The molecule has 0 aromatic heterocycles. The van der Waals surface area contributed by atoms with Crippen molar-refractivity contribution in [3.63, 3.8) is 0 Å². The van der Waals surface area contributed by atoms with Crippen LogP contribution in [-0.2, 0) is 4.79 Å². The second kappa shape index (κ2) is 5.34. The molecule has 0 aliphatic heterocycles. The number of rotatable bonds is 3. The van der Waals surface area contributed by atoms with Crippen molar-refractivity contribution in [1.82, 2.24) is 0 Å². The van der Waals surface area contributed by atoms with E-state index >= 15 is 0 Å². The maximum Gasteiger partial charge on any atom is 0.142 e. The van der Waals surface area contributed by atoms with Gasteiger partial charge in [-0.1, -0.05) is 6.08 Å². The lowest BCUT2D eigenvalue weighted by Gasteiger charge is -1.73. The second-order valence-corrected chi connectivity index (χ2v) is 1.04. The number of carbonyl (C=O) groups excluding carboxylic acids is 1. The van der Waals surface area contributed by atoms with Gasteiger partial charge in [-0.05, 0) is 12.5 Å². The van der Waals surface area contributed by atoms with Gasteiger partial charge in [-0.15, -0.1) is 0 Å². The fourth-order valence-corrected chi connectivity index (χ4v) is 0.215. The predicted molar refractivity (Wildman–Crippen MR) is 25.8 cm³/mol. The molecule has 0 aliphatic rings. The van der Waals surface area contributed by atoms with Crippen LogP contribution in [0.5, 0.6) is 0 Å². The third-order valence-electron chi connectivity index (χ3n) is 0.490. The van der Waals surface area contributed by atoms with Gasteiger partial charge in [0.25, 0.3) is 0 Å². The van der Waals surface area contributed by atoms with E-state index in [9.17, 15) is 9.18 Å². The molecule has 0 bridgehead atoms. The summed E-state index contributed by atoms with van der Waals surface area (Å²) in [5.74, 6) is 0. The highest BCUT2D eigenvalue weighted by Crippen LogP contribution is 1.79. The molecule has 0 aliphatic carbocycles. The molecule has 0 aromatic carbocycles. The summed E-state index contributed by atoms with van der Waals surface area (Å²) in [5.41, 5.74) is 0. The first-order valence-corrected chi connectivity index (χ1v) is 2.08. The molecule has 40 valence electrons. The van der Waals surface area contributed by atoms with Gasteiger partial charge >= 0.3 is 0 Å². The van der Waals surface area contributed by atoms with E-state index in [1.807, 2.05) is 0 Å². The van der Waals surface area contributed by atoms with Crippen LogP contribution in [0.15, 0.2) is 12.2 Å². The molecule has 0 radical (unpaired) electrons. The highest BCUT2D eigenvalue weighted by atomic mass is 19.1. The van der Waals surface area contributed by atoms with Gasteiger partial charge in [-0.2, -0.15) is 0 Å². The predicted octanol–water partition coefficient (Wildman–Crippen LogP) is 1.10. The fraction of sp³-hybridized carbons (Fsp3) is 0.400. The lowest BCUT2D eigenvalue weighted by molar-refractivity contribution is -0.104. The first-order valence-electron chi connectivity index (χ1n) is 2.08. The average Bonchev–Trinajstić information content (AvgIpc) is 1.69. The summed E-state index contributed by atoms with van der Waals surface area (Å²) in [4.78, 5) is 9.47. The monoisotopic (exact) mass is 102 g/mol. The fourth-order valence-electron chi connectivity index (χ4n) is 0.215. The van der Waals surface area contributed by atoms with Crippen LogP contribution >= 0.6 is 0 Å². The Morgan fingerprint density at radius 1 is 1.57 bits per heavy atom. The minimum absolute atomic E-state index is 0.346. The summed E-state index contributed by atoms with van der Waals surface area (Å²) in [7, 11) is 0. The standard InChI is InChI=1S/C5H7FO/c6-4-2-1-3-5-7/h1,3,5H,2,4H2/b3-1+. The average molecular weight is 102 g/mol. The number of carbonyl (C=O) groups is 1. The Kier molecular flexibility index (Phi) is 4.84. The molecule has 0 heterocycles. The molecule has 7 heavy (non-hydrogen) atoms. The molecule has 1 nitrogen and oxygen atoms in total. The van der Waals surface area contributed by atoms with Gasteiger partial charge in [-0.25, -0.2) is 0 Å². The minimum Gasteiger partial charge on any atom is -0.299 e. The number of hydrogen-bond acceptors (Lipinski definition) is 1. The zero-order chi connectivity index (χ0) is 5.54. The molecule has 0 aromatic rings. The molecule has 0 saturated carbocycles. The Morgan fingerprint density at radius 2 is 2.29 bits per heavy atom. The van der Waals surface area contributed by atoms with E-state index in [2.05, 4.69) is 0 Å². The Hall–Kier alpha value is -0.660. The molecule has 0 rings (SSSR count). The minimum atomic E-state index is -0.385. The molecular formula is C5H7FO. The lowest BCUT2D eigenvalue weighted by atomic mass is 10.4. The van der Waals surface area contributed by atoms with Crippen LogP contribution in [0.4, 0.5) is 4.39 Å². The van der Waals surface area contributed by atoms with Gasteiger partial charge in [0.05, 0.1) is 6.67 Å². The molecule has 0 saturated heterocycles. The van der Waals surface area contributed by atoms with Gasteiger partial charge in [0, 0.05) is 0 Å². The molecule has 0 unspecified atom stereocenters. The van der Waals surface area contributed by atoms with Crippen LogP contribution in [0.25, 0.3) is 0 Å². The molecular weight excluding hydrogens is 95.1 g/mol. The second-order valence-electron chi connectivity index (χ2n) is 1.04. The van der Waals surface area contributed by atoms with E-state index in [1.165, 1.54) is 12.2 Å². The van der Waals surface area contributed by atoms with Crippen LogP contribution in [0.2, 0.25) is 0 Å². The maximum atomic E-state index is 11.1. The smallest absolute Gasteiger partial charge is 0.142 e. The van der Waals surface area contributed by atoms with Crippen molar-refractivity contribution in [3.05, 3.63) is 12.2 Å². The SMILES string of the molecule is O=C/C=C/CCF. The van der Waals surface area contributed by atoms with Gasteiger partial charge < -0.3 is 0 Å². The van der Waals surface area contributed by atoms with Gasteiger partial charge in [0.2, 0.25) is 0 Å². The largest absolute Gasteiger partial charge is 0.299 e. The molecule has 0 amide bonds. The number of alkyl halides is 1. The van der Waals surface area contributed by atoms with E-state index in [4.69, 9.17) is 0 Å². The van der Waals surface area contributed by atoms with Gasteiger partial charge in [-0.3, -0.25) is 9.18 Å². The quantitative estimate of drug-likeness (QED) is 0.385. The van der Waals surface area contributed by atoms with E-state index < -0.39 is 0 Å². The Labute approximate surface area is 41.8 Å². The van der Waals surface area contributed by atoms with E-state index in [0.717, 1.165) is 0 Å². The van der Waals surface area contributed by atoms with Gasteiger partial charge in [0.1, 0.15) is 6.29 Å². The maximum absolute atomic E-state index is 11.1. The number of allylic oxidation sites excluding steroid dienone is 2. The van der Waals surface area contributed by atoms with Crippen LogP contribution in [0, 0.1) is 0 Å². The topological polar surface area (TPSA) is 17.1 Å². The van der Waals surface area contributed by atoms with E-state index in [-0.39, 0.29) is 6.67 Å². The van der Waals surface area contributed by atoms with Crippen molar-refractivity contribution in [1.29, 1.82) is 0 Å². The molecule has 2 heteroatoms. The molecule has 0 N–H and O–H groups in total. The third kappa shape index (κ3) is 5.34. The van der Waals surface area contributed by atoms with Crippen molar-refractivity contribution in [2.24, 2.45) is 0 Å². The molecule has 0 atom stereocenters. The first kappa shape index (κ1) is 6.34. The molecule has 0 spiro atoms. The Bertz CT molecular complexity index is 68.5. The van der Waals surface area contributed by atoms with Crippen molar-refractivity contribution < 1.29 is 9.18 Å². The summed E-state index contributed by atoms with van der Waals surface area (Å²) in [6.45, 7) is -0.385.